The van der Waals surface area contributed by atoms with Crippen LogP contribution >= 0.6 is 0 Å². The number of fused-ring (bicyclic) bond motifs is 3. The Morgan fingerprint density at radius 1 is 1.13 bits per heavy atom. The number of ether oxygens (including phenoxy) is 2. The van der Waals surface area contributed by atoms with Crippen LogP contribution in [0, 0.1) is 6.92 Å². The van der Waals surface area contributed by atoms with E-state index >= 15 is 0 Å². The van der Waals surface area contributed by atoms with E-state index in [4.69, 9.17) is 13.9 Å². The zero-order chi connectivity index (χ0) is 21.8. The van der Waals surface area contributed by atoms with Crippen LogP contribution in [-0.4, -0.2) is 56.3 Å². The number of rotatable bonds is 7. The first kappa shape index (κ1) is 21.3. The highest BCUT2D eigenvalue weighted by atomic mass is 16.5. The summed E-state index contributed by atoms with van der Waals surface area (Å²) >= 11 is 0. The van der Waals surface area contributed by atoms with E-state index in [9.17, 15) is 9.59 Å². The van der Waals surface area contributed by atoms with Crippen molar-refractivity contribution in [2.24, 2.45) is 0 Å². The summed E-state index contributed by atoms with van der Waals surface area (Å²) < 4.78 is 16.8. The summed E-state index contributed by atoms with van der Waals surface area (Å²) in [5, 5.41) is 5.18. The minimum Gasteiger partial charge on any atom is -0.480 e. The molecule has 1 aromatic heterocycles. The number of hydrogen-bond donors (Lipinski definition) is 1. The molecule has 31 heavy (non-hydrogen) atoms. The molecular formula is C24H28N2O5. The minimum absolute atomic E-state index is 0.165. The predicted molar refractivity (Wildman–Crippen MR) is 120 cm³/mol. The SMILES string of the molecule is Cc1c(O[C@H](C)C(=O)NCCCN2CCOCC2)ccc2c1oc(=O)c1ccccc12. The lowest BCUT2D eigenvalue weighted by atomic mass is 10.0. The van der Waals surface area contributed by atoms with Crippen LogP contribution < -0.4 is 15.7 Å². The van der Waals surface area contributed by atoms with Crippen LogP contribution in [0.4, 0.5) is 0 Å². The van der Waals surface area contributed by atoms with Gasteiger partial charge >= 0.3 is 5.63 Å². The third kappa shape index (κ3) is 4.73. The van der Waals surface area contributed by atoms with Crippen LogP contribution in [0.2, 0.25) is 0 Å². The monoisotopic (exact) mass is 424 g/mol. The van der Waals surface area contributed by atoms with Gasteiger partial charge in [0.05, 0.1) is 18.6 Å². The van der Waals surface area contributed by atoms with Gasteiger partial charge in [0, 0.05) is 30.6 Å². The molecule has 164 valence electrons. The summed E-state index contributed by atoms with van der Waals surface area (Å²) in [4.78, 5) is 27.2. The first-order valence-electron chi connectivity index (χ1n) is 10.7. The maximum absolute atomic E-state index is 12.5. The van der Waals surface area contributed by atoms with E-state index in [1.54, 1.807) is 13.0 Å². The number of carbonyl (C=O) groups is 1. The molecule has 1 saturated heterocycles. The Labute approximate surface area is 180 Å². The van der Waals surface area contributed by atoms with Crippen molar-refractivity contribution >= 4 is 27.6 Å². The Hall–Kier alpha value is -2.90. The molecule has 1 fully saturated rings. The third-order valence-electron chi connectivity index (χ3n) is 5.72. The highest BCUT2D eigenvalue weighted by Crippen LogP contribution is 2.31. The molecule has 1 amide bonds. The van der Waals surface area contributed by atoms with E-state index in [2.05, 4.69) is 10.2 Å². The largest absolute Gasteiger partial charge is 0.480 e. The van der Waals surface area contributed by atoms with E-state index in [0.717, 1.165) is 50.0 Å². The zero-order valence-corrected chi connectivity index (χ0v) is 18.0. The van der Waals surface area contributed by atoms with E-state index < -0.39 is 6.10 Å². The molecule has 0 bridgehead atoms. The van der Waals surface area contributed by atoms with Gasteiger partial charge in [-0.05, 0) is 50.4 Å². The van der Waals surface area contributed by atoms with E-state index in [-0.39, 0.29) is 11.5 Å². The third-order valence-corrected chi connectivity index (χ3v) is 5.72. The lowest BCUT2D eigenvalue weighted by Gasteiger charge is -2.26. The molecule has 0 saturated carbocycles. The number of benzene rings is 2. The number of amides is 1. The van der Waals surface area contributed by atoms with Gasteiger partial charge in [-0.3, -0.25) is 9.69 Å². The van der Waals surface area contributed by atoms with Gasteiger partial charge in [-0.15, -0.1) is 0 Å². The molecule has 0 unspecified atom stereocenters. The molecule has 4 rings (SSSR count). The summed E-state index contributed by atoms with van der Waals surface area (Å²) in [6.07, 6.45) is 0.220. The molecule has 0 aliphatic carbocycles. The van der Waals surface area contributed by atoms with Crippen LogP contribution in [0.3, 0.4) is 0 Å². The van der Waals surface area contributed by atoms with Crippen molar-refractivity contribution in [1.82, 2.24) is 10.2 Å². The smallest absolute Gasteiger partial charge is 0.344 e. The first-order chi connectivity index (χ1) is 15.0. The Balaban J connectivity index is 1.40. The van der Waals surface area contributed by atoms with Gasteiger partial charge in [0.25, 0.3) is 5.91 Å². The quantitative estimate of drug-likeness (QED) is 0.357. The van der Waals surface area contributed by atoms with Crippen LogP contribution in [-0.2, 0) is 9.53 Å². The summed E-state index contributed by atoms with van der Waals surface area (Å²) in [6, 6.07) is 11.1. The van der Waals surface area contributed by atoms with Crippen molar-refractivity contribution in [3.05, 3.63) is 52.4 Å². The Morgan fingerprint density at radius 2 is 1.87 bits per heavy atom. The standard InChI is InChI=1S/C24H28N2O5/c1-16-21(9-8-19-18-6-3-4-7-20(18)24(28)31-22(16)19)30-17(2)23(27)25-10-5-11-26-12-14-29-15-13-26/h3-4,6-9,17H,5,10-15H2,1-2H3,(H,25,27)/t17-/m1/s1. The lowest BCUT2D eigenvalue weighted by molar-refractivity contribution is -0.127. The molecule has 1 N–H and O–H groups in total. The number of morpholine rings is 1. The summed E-state index contributed by atoms with van der Waals surface area (Å²) in [5.74, 6) is 0.364. The van der Waals surface area contributed by atoms with Crippen LogP contribution in [0.5, 0.6) is 5.75 Å². The van der Waals surface area contributed by atoms with Crippen LogP contribution in [0.15, 0.2) is 45.6 Å². The fourth-order valence-electron chi connectivity index (χ4n) is 3.92. The lowest BCUT2D eigenvalue weighted by Crippen LogP contribution is -2.40. The van der Waals surface area contributed by atoms with E-state index in [0.29, 0.717) is 28.8 Å². The molecule has 1 aliphatic rings. The van der Waals surface area contributed by atoms with Crippen molar-refractivity contribution in [2.75, 3.05) is 39.4 Å². The van der Waals surface area contributed by atoms with Crippen molar-refractivity contribution in [3.8, 4) is 5.75 Å². The van der Waals surface area contributed by atoms with Crippen LogP contribution in [0.25, 0.3) is 21.7 Å². The maximum Gasteiger partial charge on any atom is 0.344 e. The molecule has 1 aliphatic heterocycles. The molecule has 0 radical (unpaired) electrons. The normalized spacial score (nSPS) is 15.8. The van der Waals surface area contributed by atoms with Gasteiger partial charge in [-0.2, -0.15) is 0 Å². The van der Waals surface area contributed by atoms with E-state index in [1.807, 2.05) is 37.3 Å². The highest BCUT2D eigenvalue weighted by Gasteiger charge is 2.18. The second-order valence-corrected chi connectivity index (χ2v) is 7.86. The van der Waals surface area contributed by atoms with Gasteiger partial charge < -0.3 is 19.2 Å². The average Bonchev–Trinajstić information content (AvgIpc) is 2.79. The Bertz CT molecular complexity index is 1130. The summed E-state index contributed by atoms with van der Waals surface area (Å²) in [6.45, 7) is 8.54. The van der Waals surface area contributed by atoms with Crippen molar-refractivity contribution < 1.29 is 18.7 Å². The molecule has 7 nitrogen and oxygen atoms in total. The predicted octanol–water partition coefficient (Wildman–Crippen LogP) is 2.86. The minimum atomic E-state index is -0.660. The Kier molecular flexibility index (Phi) is 6.53. The molecular weight excluding hydrogens is 396 g/mol. The fourth-order valence-corrected chi connectivity index (χ4v) is 3.92. The zero-order valence-electron chi connectivity index (χ0n) is 18.0. The van der Waals surface area contributed by atoms with Crippen LogP contribution in [0.1, 0.15) is 18.9 Å². The number of hydrogen-bond acceptors (Lipinski definition) is 6. The highest BCUT2D eigenvalue weighted by molar-refractivity contribution is 6.05. The average molecular weight is 424 g/mol. The fraction of sp³-hybridized carbons (Fsp3) is 0.417. The van der Waals surface area contributed by atoms with Gasteiger partial charge in [0.1, 0.15) is 11.3 Å². The molecule has 3 aromatic rings. The number of aryl methyl sites for hydroxylation is 1. The van der Waals surface area contributed by atoms with Crippen molar-refractivity contribution in [1.29, 1.82) is 0 Å². The number of carbonyl (C=O) groups excluding carboxylic acids is 1. The van der Waals surface area contributed by atoms with Crippen molar-refractivity contribution in [2.45, 2.75) is 26.4 Å². The molecule has 2 aromatic carbocycles. The van der Waals surface area contributed by atoms with Gasteiger partial charge in [0.15, 0.2) is 6.10 Å². The van der Waals surface area contributed by atoms with Gasteiger partial charge in [0.2, 0.25) is 0 Å². The first-order valence-corrected chi connectivity index (χ1v) is 10.7. The molecule has 1 atom stereocenters. The second kappa shape index (κ2) is 9.49. The second-order valence-electron chi connectivity index (χ2n) is 7.86. The topological polar surface area (TPSA) is 81.0 Å². The van der Waals surface area contributed by atoms with Crippen molar-refractivity contribution in [3.63, 3.8) is 0 Å². The summed E-state index contributed by atoms with van der Waals surface area (Å²) in [7, 11) is 0. The number of nitrogens with one attached hydrogen (secondary N) is 1. The molecule has 7 heteroatoms. The number of nitrogens with zero attached hydrogens (tertiary/aromatic N) is 1. The molecule has 0 spiro atoms. The Morgan fingerprint density at radius 3 is 2.65 bits per heavy atom. The van der Waals surface area contributed by atoms with E-state index in [1.165, 1.54) is 0 Å². The summed E-state index contributed by atoms with van der Waals surface area (Å²) in [5.41, 5.74) is 0.807. The van der Waals surface area contributed by atoms with Gasteiger partial charge in [-0.1, -0.05) is 18.2 Å². The van der Waals surface area contributed by atoms with Gasteiger partial charge in [-0.25, -0.2) is 4.79 Å². The molecule has 2 heterocycles. The maximum atomic E-state index is 12.5.